The fraction of sp³-hybridized carbons (Fsp3) is 0.731. The standard InChI is InChI=1S/C26H43N3O4/c1-11-26(8,9)29-15-13-12-14-19(29)22(30)27-21(25(5,6)7)23(31)28(10)20(17(2)3)16-18(4)24(32)33/h1,16-17,19-21H,12-15H2,2-10H3,(H,27,30)(H,32,33)/t19?,20-,21-/m1/s1. The van der Waals surface area contributed by atoms with Crippen LogP contribution in [0.2, 0.25) is 0 Å². The Hall–Kier alpha value is -2.33. The van der Waals surface area contributed by atoms with E-state index < -0.39 is 35.0 Å². The summed E-state index contributed by atoms with van der Waals surface area (Å²) in [6.07, 6.45) is 9.94. The lowest BCUT2D eigenvalue weighted by atomic mass is 9.84. The summed E-state index contributed by atoms with van der Waals surface area (Å²) < 4.78 is 0. The molecule has 0 radical (unpaired) electrons. The van der Waals surface area contributed by atoms with E-state index in [1.807, 2.05) is 48.5 Å². The number of nitrogens with one attached hydrogen (secondary N) is 1. The minimum absolute atomic E-state index is 0.00478. The van der Waals surface area contributed by atoms with E-state index in [2.05, 4.69) is 16.1 Å². The summed E-state index contributed by atoms with van der Waals surface area (Å²) in [5.74, 6) is 1.32. The van der Waals surface area contributed by atoms with E-state index in [0.29, 0.717) is 6.42 Å². The van der Waals surface area contributed by atoms with Crippen LogP contribution in [0.3, 0.4) is 0 Å². The number of likely N-dealkylation sites (tertiary alicyclic amines) is 1. The molecular weight excluding hydrogens is 418 g/mol. The van der Waals surface area contributed by atoms with Crippen LogP contribution in [0.25, 0.3) is 0 Å². The lowest BCUT2D eigenvalue weighted by Gasteiger charge is -2.44. The molecule has 7 nitrogen and oxygen atoms in total. The van der Waals surface area contributed by atoms with Gasteiger partial charge in [0.15, 0.2) is 0 Å². The average Bonchev–Trinajstić information content (AvgIpc) is 2.73. The van der Waals surface area contributed by atoms with Gasteiger partial charge in [-0.2, -0.15) is 0 Å². The molecule has 0 bridgehead atoms. The molecule has 1 rings (SSSR count). The van der Waals surface area contributed by atoms with E-state index >= 15 is 0 Å². The van der Waals surface area contributed by atoms with Crippen LogP contribution in [-0.4, -0.2) is 69.9 Å². The Morgan fingerprint density at radius 3 is 2.21 bits per heavy atom. The molecular formula is C26H43N3O4. The molecule has 0 aromatic rings. The Kier molecular flexibility index (Phi) is 9.74. The number of likely N-dealkylation sites (N-methyl/N-ethyl adjacent to an activating group) is 1. The van der Waals surface area contributed by atoms with E-state index in [1.54, 1.807) is 18.0 Å². The Labute approximate surface area is 200 Å². The summed E-state index contributed by atoms with van der Waals surface area (Å²) >= 11 is 0. The van der Waals surface area contributed by atoms with Crippen molar-refractivity contribution in [2.75, 3.05) is 13.6 Å². The summed E-state index contributed by atoms with van der Waals surface area (Å²) in [6, 6.07) is -1.59. The second-order valence-corrected chi connectivity index (χ2v) is 11.1. The average molecular weight is 462 g/mol. The molecule has 186 valence electrons. The summed E-state index contributed by atoms with van der Waals surface area (Å²) in [5.41, 5.74) is -0.934. The molecule has 2 amide bonds. The van der Waals surface area contributed by atoms with Gasteiger partial charge in [0.25, 0.3) is 0 Å². The molecule has 1 heterocycles. The van der Waals surface area contributed by atoms with Crippen LogP contribution in [0, 0.1) is 23.7 Å². The van der Waals surface area contributed by atoms with Crippen molar-refractivity contribution in [1.29, 1.82) is 0 Å². The maximum absolute atomic E-state index is 13.6. The third-order valence-corrected chi connectivity index (χ3v) is 6.51. The molecule has 0 aromatic heterocycles. The number of nitrogens with zero attached hydrogens (tertiary/aromatic N) is 2. The van der Waals surface area contributed by atoms with Crippen LogP contribution < -0.4 is 5.32 Å². The van der Waals surface area contributed by atoms with Gasteiger partial charge in [0, 0.05) is 19.2 Å². The zero-order valence-corrected chi connectivity index (χ0v) is 21.9. The van der Waals surface area contributed by atoms with E-state index in [-0.39, 0.29) is 23.3 Å². The van der Waals surface area contributed by atoms with Gasteiger partial charge >= 0.3 is 5.97 Å². The Morgan fingerprint density at radius 1 is 1.18 bits per heavy atom. The first-order chi connectivity index (χ1) is 15.0. The molecule has 1 aliphatic rings. The topological polar surface area (TPSA) is 90.0 Å². The SMILES string of the molecule is C#CC(C)(C)N1CCCCC1C(=O)N[C@H](C(=O)N(C)[C@H](C=C(C)C(=O)O)C(C)C)C(C)(C)C. The third kappa shape index (κ3) is 7.33. The maximum Gasteiger partial charge on any atom is 0.331 e. The molecule has 1 fully saturated rings. The summed E-state index contributed by atoms with van der Waals surface area (Å²) in [7, 11) is 1.66. The molecule has 1 aliphatic heterocycles. The minimum atomic E-state index is -1.02. The van der Waals surface area contributed by atoms with Crippen LogP contribution in [-0.2, 0) is 14.4 Å². The molecule has 0 saturated carbocycles. The van der Waals surface area contributed by atoms with Gasteiger partial charge in [-0.05, 0) is 44.9 Å². The number of hydrogen-bond acceptors (Lipinski definition) is 4. The van der Waals surface area contributed by atoms with Crippen molar-refractivity contribution in [2.45, 2.75) is 98.3 Å². The molecule has 0 aromatic carbocycles. The van der Waals surface area contributed by atoms with Crippen molar-refractivity contribution in [3.05, 3.63) is 11.6 Å². The number of carboxylic acid groups (broad SMARTS) is 1. The fourth-order valence-electron chi connectivity index (χ4n) is 4.27. The number of terminal acetylenes is 1. The number of carbonyl (C=O) groups is 3. The molecule has 0 aliphatic carbocycles. The normalized spacial score (nSPS) is 20.0. The smallest absolute Gasteiger partial charge is 0.331 e. The van der Waals surface area contributed by atoms with E-state index in [0.717, 1.165) is 19.4 Å². The first kappa shape index (κ1) is 28.7. The van der Waals surface area contributed by atoms with Gasteiger partial charge in [0.2, 0.25) is 11.8 Å². The number of rotatable bonds is 8. The van der Waals surface area contributed by atoms with Gasteiger partial charge in [-0.25, -0.2) is 4.79 Å². The fourth-order valence-corrected chi connectivity index (χ4v) is 4.27. The highest BCUT2D eigenvalue weighted by molar-refractivity contribution is 5.91. The quantitative estimate of drug-likeness (QED) is 0.428. The first-order valence-electron chi connectivity index (χ1n) is 11.8. The largest absolute Gasteiger partial charge is 0.478 e. The van der Waals surface area contributed by atoms with E-state index in [4.69, 9.17) is 6.42 Å². The highest BCUT2D eigenvalue weighted by atomic mass is 16.4. The molecule has 7 heteroatoms. The number of piperidine rings is 1. The van der Waals surface area contributed by atoms with Gasteiger partial charge in [-0.3, -0.25) is 14.5 Å². The first-order valence-corrected chi connectivity index (χ1v) is 11.8. The van der Waals surface area contributed by atoms with Crippen molar-refractivity contribution in [3.8, 4) is 12.3 Å². The van der Waals surface area contributed by atoms with Gasteiger partial charge in [0.05, 0.1) is 17.6 Å². The monoisotopic (exact) mass is 461 g/mol. The number of aliphatic carboxylic acids is 1. The highest BCUT2D eigenvalue weighted by Crippen LogP contribution is 2.28. The molecule has 3 atom stereocenters. The molecule has 33 heavy (non-hydrogen) atoms. The summed E-state index contributed by atoms with van der Waals surface area (Å²) in [5, 5.41) is 12.3. The van der Waals surface area contributed by atoms with Gasteiger partial charge in [0.1, 0.15) is 6.04 Å². The predicted molar refractivity (Wildman–Crippen MR) is 131 cm³/mol. The lowest BCUT2D eigenvalue weighted by Crippen LogP contribution is -2.62. The third-order valence-electron chi connectivity index (χ3n) is 6.51. The van der Waals surface area contributed by atoms with Crippen molar-refractivity contribution in [2.24, 2.45) is 11.3 Å². The molecule has 0 spiro atoms. The highest BCUT2D eigenvalue weighted by Gasteiger charge is 2.41. The van der Waals surface area contributed by atoms with Crippen LogP contribution >= 0.6 is 0 Å². The van der Waals surface area contributed by atoms with Gasteiger partial charge in [-0.1, -0.05) is 53.0 Å². The summed E-state index contributed by atoms with van der Waals surface area (Å²) in [6.45, 7) is 15.7. The van der Waals surface area contributed by atoms with Crippen LogP contribution in [0.5, 0.6) is 0 Å². The minimum Gasteiger partial charge on any atom is -0.478 e. The zero-order chi connectivity index (χ0) is 25.7. The maximum atomic E-state index is 13.6. The Bertz CT molecular complexity index is 801. The second-order valence-electron chi connectivity index (χ2n) is 11.1. The van der Waals surface area contributed by atoms with Crippen LogP contribution in [0.4, 0.5) is 0 Å². The lowest BCUT2D eigenvalue weighted by molar-refractivity contribution is -0.142. The Morgan fingerprint density at radius 2 is 1.76 bits per heavy atom. The van der Waals surface area contributed by atoms with Crippen molar-refractivity contribution in [3.63, 3.8) is 0 Å². The van der Waals surface area contributed by atoms with Crippen LogP contribution in [0.15, 0.2) is 11.6 Å². The van der Waals surface area contributed by atoms with Crippen LogP contribution in [0.1, 0.15) is 74.7 Å². The van der Waals surface area contributed by atoms with Crippen molar-refractivity contribution >= 4 is 17.8 Å². The van der Waals surface area contributed by atoms with Crippen molar-refractivity contribution < 1.29 is 19.5 Å². The molecule has 2 N–H and O–H groups in total. The molecule has 1 unspecified atom stereocenters. The molecule has 1 saturated heterocycles. The predicted octanol–water partition coefficient (Wildman–Crippen LogP) is 3.30. The van der Waals surface area contributed by atoms with Gasteiger partial charge < -0.3 is 15.3 Å². The Balaban J connectivity index is 3.23. The number of amides is 2. The number of carboxylic acids is 1. The second kappa shape index (κ2) is 11.2. The summed E-state index contributed by atoms with van der Waals surface area (Å²) in [4.78, 5) is 42.0. The number of hydrogen-bond donors (Lipinski definition) is 2. The van der Waals surface area contributed by atoms with E-state index in [1.165, 1.54) is 6.92 Å². The van der Waals surface area contributed by atoms with E-state index in [9.17, 15) is 19.5 Å². The zero-order valence-electron chi connectivity index (χ0n) is 21.9. The van der Waals surface area contributed by atoms with Crippen molar-refractivity contribution in [1.82, 2.24) is 15.1 Å². The van der Waals surface area contributed by atoms with Gasteiger partial charge in [-0.15, -0.1) is 6.42 Å². The number of carbonyl (C=O) groups excluding carboxylic acids is 2.